The third kappa shape index (κ3) is 2.77. The fourth-order valence-corrected chi connectivity index (χ4v) is 2.62. The zero-order chi connectivity index (χ0) is 12.3. The first kappa shape index (κ1) is 12.3. The van der Waals surface area contributed by atoms with Crippen LogP contribution in [0, 0.1) is 0 Å². The van der Waals surface area contributed by atoms with E-state index >= 15 is 0 Å². The maximum atomic E-state index is 6.19. The first-order valence-corrected chi connectivity index (χ1v) is 6.29. The lowest BCUT2D eigenvalue weighted by Crippen LogP contribution is -2.04. The summed E-state index contributed by atoms with van der Waals surface area (Å²) in [5.74, 6) is 0. The molecule has 90 valence electrons. The molecule has 0 aliphatic carbocycles. The summed E-state index contributed by atoms with van der Waals surface area (Å²) in [5.41, 5.74) is 6.70. The quantitative estimate of drug-likeness (QED) is 0.911. The fraction of sp³-hybridized carbons (Fsp3) is 0.300. The van der Waals surface area contributed by atoms with E-state index in [1.165, 1.54) is 11.8 Å². The predicted molar refractivity (Wildman–Crippen MR) is 67.1 cm³/mol. The Kier molecular flexibility index (Phi) is 3.98. The van der Waals surface area contributed by atoms with Crippen molar-refractivity contribution in [2.45, 2.75) is 16.5 Å². The highest BCUT2D eigenvalue weighted by atomic mass is 35.5. The van der Waals surface area contributed by atoms with Gasteiger partial charge in [-0.1, -0.05) is 23.7 Å². The second-order valence-electron chi connectivity index (χ2n) is 3.45. The number of nitrogens with two attached hydrogens (primary N) is 1. The van der Waals surface area contributed by atoms with Crippen LogP contribution >= 0.6 is 23.4 Å². The molecule has 0 bridgehead atoms. The van der Waals surface area contributed by atoms with Gasteiger partial charge in [0.1, 0.15) is 0 Å². The van der Waals surface area contributed by atoms with E-state index in [1.54, 1.807) is 11.7 Å². The molecular formula is C10H12ClN5S. The van der Waals surface area contributed by atoms with Gasteiger partial charge in [0.25, 0.3) is 0 Å². The standard InChI is InChI=1S/C10H12ClN5S/c1-16-10(13-14-15-16)17-9-7(5-6-12)3-2-4-8(9)11/h2-4H,5-6,12H2,1H3. The molecule has 0 saturated carbocycles. The molecular weight excluding hydrogens is 258 g/mol. The van der Waals surface area contributed by atoms with Crippen LogP contribution in [0.15, 0.2) is 28.3 Å². The highest BCUT2D eigenvalue weighted by Crippen LogP contribution is 2.34. The molecule has 7 heteroatoms. The van der Waals surface area contributed by atoms with Crippen LogP contribution in [0.4, 0.5) is 0 Å². The Bertz CT molecular complexity index is 513. The largest absolute Gasteiger partial charge is 0.330 e. The SMILES string of the molecule is Cn1nnnc1Sc1c(Cl)cccc1CCN. The number of hydrogen-bond donors (Lipinski definition) is 1. The third-order valence-electron chi connectivity index (χ3n) is 2.24. The summed E-state index contributed by atoms with van der Waals surface area (Å²) in [5, 5.41) is 12.7. The van der Waals surface area contributed by atoms with Crippen LogP contribution in [-0.2, 0) is 13.5 Å². The Labute approximate surface area is 108 Å². The first-order chi connectivity index (χ1) is 8.22. The van der Waals surface area contributed by atoms with Gasteiger partial charge in [-0.15, -0.1) is 5.10 Å². The zero-order valence-electron chi connectivity index (χ0n) is 9.30. The second-order valence-corrected chi connectivity index (χ2v) is 4.84. The molecule has 0 saturated heterocycles. The summed E-state index contributed by atoms with van der Waals surface area (Å²) >= 11 is 7.65. The molecule has 17 heavy (non-hydrogen) atoms. The van der Waals surface area contributed by atoms with Crippen molar-refractivity contribution < 1.29 is 0 Å². The molecule has 0 unspecified atom stereocenters. The number of halogens is 1. The Balaban J connectivity index is 2.34. The summed E-state index contributed by atoms with van der Waals surface area (Å²) in [6.45, 7) is 0.588. The van der Waals surface area contributed by atoms with Crippen molar-refractivity contribution in [1.29, 1.82) is 0 Å². The van der Waals surface area contributed by atoms with Gasteiger partial charge < -0.3 is 5.73 Å². The van der Waals surface area contributed by atoms with E-state index < -0.39 is 0 Å². The van der Waals surface area contributed by atoms with Crippen molar-refractivity contribution in [3.05, 3.63) is 28.8 Å². The van der Waals surface area contributed by atoms with Gasteiger partial charge in [-0.3, -0.25) is 0 Å². The third-order valence-corrected chi connectivity index (χ3v) is 3.88. The number of rotatable bonds is 4. The molecule has 5 nitrogen and oxygen atoms in total. The van der Waals surface area contributed by atoms with Gasteiger partial charge >= 0.3 is 0 Å². The Morgan fingerprint density at radius 2 is 2.29 bits per heavy atom. The van der Waals surface area contributed by atoms with Gasteiger partial charge in [-0.2, -0.15) is 0 Å². The molecule has 1 aromatic heterocycles. The van der Waals surface area contributed by atoms with Crippen molar-refractivity contribution in [3.63, 3.8) is 0 Å². The van der Waals surface area contributed by atoms with Crippen LogP contribution in [-0.4, -0.2) is 26.8 Å². The number of aryl methyl sites for hydroxylation is 1. The average molecular weight is 270 g/mol. The molecule has 0 fully saturated rings. The van der Waals surface area contributed by atoms with Crippen molar-refractivity contribution in [2.24, 2.45) is 12.8 Å². The number of nitrogens with zero attached hydrogens (tertiary/aromatic N) is 4. The topological polar surface area (TPSA) is 69.6 Å². The number of benzene rings is 1. The molecule has 2 N–H and O–H groups in total. The Morgan fingerprint density at radius 3 is 2.94 bits per heavy atom. The van der Waals surface area contributed by atoms with Crippen LogP contribution in [0.3, 0.4) is 0 Å². The number of tetrazole rings is 1. The predicted octanol–water partition coefficient (Wildman–Crippen LogP) is 1.52. The summed E-state index contributed by atoms with van der Waals surface area (Å²) in [4.78, 5) is 0.970. The van der Waals surface area contributed by atoms with E-state index in [9.17, 15) is 0 Å². The molecule has 0 atom stereocenters. The summed E-state index contributed by atoms with van der Waals surface area (Å²) in [6.07, 6.45) is 0.786. The minimum atomic E-state index is 0.588. The normalized spacial score (nSPS) is 10.8. The summed E-state index contributed by atoms with van der Waals surface area (Å²) in [6, 6.07) is 5.80. The highest BCUT2D eigenvalue weighted by Gasteiger charge is 2.12. The van der Waals surface area contributed by atoms with Crippen molar-refractivity contribution in [1.82, 2.24) is 20.2 Å². The fourth-order valence-electron chi connectivity index (χ4n) is 1.42. The zero-order valence-corrected chi connectivity index (χ0v) is 10.9. The molecule has 0 amide bonds. The van der Waals surface area contributed by atoms with Gasteiger partial charge in [0.2, 0.25) is 5.16 Å². The first-order valence-electron chi connectivity index (χ1n) is 5.10. The van der Waals surface area contributed by atoms with Gasteiger partial charge in [0, 0.05) is 11.9 Å². The number of aromatic nitrogens is 4. The van der Waals surface area contributed by atoms with E-state index in [-0.39, 0.29) is 0 Å². The van der Waals surface area contributed by atoms with E-state index in [2.05, 4.69) is 15.5 Å². The van der Waals surface area contributed by atoms with Crippen LogP contribution in [0.1, 0.15) is 5.56 Å². The van der Waals surface area contributed by atoms with E-state index in [0.29, 0.717) is 16.7 Å². The maximum Gasteiger partial charge on any atom is 0.213 e. The van der Waals surface area contributed by atoms with Gasteiger partial charge in [0.15, 0.2) is 0 Å². The molecule has 2 aromatic rings. The van der Waals surface area contributed by atoms with Crippen molar-refractivity contribution in [2.75, 3.05) is 6.54 Å². The van der Waals surface area contributed by atoms with Gasteiger partial charge in [0.05, 0.1) is 5.02 Å². The van der Waals surface area contributed by atoms with Gasteiger partial charge in [-0.25, -0.2) is 4.68 Å². The van der Waals surface area contributed by atoms with Crippen molar-refractivity contribution in [3.8, 4) is 0 Å². The molecule has 0 radical (unpaired) electrons. The molecule has 0 aliphatic rings. The Morgan fingerprint density at radius 1 is 1.47 bits per heavy atom. The minimum absolute atomic E-state index is 0.588. The molecule has 0 aliphatic heterocycles. The Hall–Kier alpha value is -1.11. The van der Waals surface area contributed by atoms with Crippen LogP contribution < -0.4 is 5.73 Å². The monoisotopic (exact) mass is 269 g/mol. The van der Waals surface area contributed by atoms with Gasteiger partial charge in [-0.05, 0) is 46.8 Å². The summed E-state index contributed by atoms with van der Waals surface area (Å²) < 4.78 is 1.61. The van der Waals surface area contributed by atoms with E-state index in [1.807, 2.05) is 18.2 Å². The van der Waals surface area contributed by atoms with Crippen LogP contribution in [0.25, 0.3) is 0 Å². The summed E-state index contributed by atoms with van der Waals surface area (Å²) in [7, 11) is 1.79. The van der Waals surface area contributed by atoms with Crippen LogP contribution in [0.5, 0.6) is 0 Å². The lowest BCUT2D eigenvalue weighted by Gasteiger charge is -2.08. The lowest BCUT2D eigenvalue weighted by molar-refractivity contribution is 0.664. The van der Waals surface area contributed by atoms with E-state index in [0.717, 1.165) is 16.9 Å². The molecule has 2 rings (SSSR count). The molecule has 1 heterocycles. The number of hydrogen-bond acceptors (Lipinski definition) is 5. The van der Waals surface area contributed by atoms with Crippen molar-refractivity contribution >= 4 is 23.4 Å². The highest BCUT2D eigenvalue weighted by molar-refractivity contribution is 7.99. The van der Waals surface area contributed by atoms with E-state index in [4.69, 9.17) is 17.3 Å². The second kappa shape index (κ2) is 5.48. The molecule has 1 aromatic carbocycles. The molecule has 0 spiro atoms. The van der Waals surface area contributed by atoms with Crippen LogP contribution in [0.2, 0.25) is 5.02 Å². The smallest absolute Gasteiger partial charge is 0.213 e. The minimum Gasteiger partial charge on any atom is -0.330 e. The average Bonchev–Trinajstić information content (AvgIpc) is 2.70. The lowest BCUT2D eigenvalue weighted by atomic mass is 10.1. The maximum absolute atomic E-state index is 6.19.